The Labute approximate surface area is 341 Å². The van der Waals surface area contributed by atoms with Crippen molar-refractivity contribution in [1.82, 2.24) is 0 Å². The van der Waals surface area contributed by atoms with Gasteiger partial charge in [0.05, 0.1) is 26.4 Å². The molecule has 0 saturated heterocycles. The van der Waals surface area contributed by atoms with Gasteiger partial charge >= 0.3 is 0 Å². The van der Waals surface area contributed by atoms with E-state index in [0.717, 1.165) is 75.1 Å². The van der Waals surface area contributed by atoms with Crippen LogP contribution >= 0.6 is 0 Å². The Morgan fingerprint density at radius 2 is 0.411 bits per heavy atom. The van der Waals surface area contributed by atoms with Gasteiger partial charge in [0.25, 0.3) is 0 Å². The molecule has 0 aliphatic carbocycles. The van der Waals surface area contributed by atoms with Crippen LogP contribution in [0.5, 0.6) is 23.0 Å². The molecule has 0 amide bonds. The number of rotatable bonds is 33. The summed E-state index contributed by atoms with van der Waals surface area (Å²) in [6, 6.07) is 33.9. The van der Waals surface area contributed by atoms with E-state index in [1.807, 2.05) is 0 Å². The topological polar surface area (TPSA) is 36.9 Å². The first-order chi connectivity index (χ1) is 27.7. The molecule has 0 aliphatic heterocycles. The summed E-state index contributed by atoms with van der Waals surface area (Å²) in [5.41, 5.74) is 4.80. The summed E-state index contributed by atoms with van der Waals surface area (Å²) in [4.78, 5) is 0. The Kier molecular flexibility index (Phi) is 23.5. The van der Waals surface area contributed by atoms with Crippen LogP contribution in [0.4, 0.5) is 0 Å². The van der Waals surface area contributed by atoms with Crippen LogP contribution in [0.15, 0.2) is 97.1 Å². The highest BCUT2D eigenvalue weighted by atomic mass is 16.5. The normalized spacial score (nSPS) is 11.1. The summed E-state index contributed by atoms with van der Waals surface area (Å²) < 4.78 is 24.0. The lowest BCUT2D eigenvalue weighted by Gasteiger charge is -2.10. The number of unbranched alkanes of at least 4 members (excludes halogenated alkanes) is 19. The minimum Gasteiger partial charge on any atom is -0.494 e. The van der Waals surface area contributed by atoms with Crippen molar-refractivity contribution in [1.29, 1.82) is 0 Å². The van der Waals surface area contributed by atoms with E-state index in [2.05, 4.69) is 111 Å². The van der Waals surface area contributed by atoms with Crippen LogP contribution in [0, 0.1) is 0 Å². The molecule has 4 heteroatoms. The van der Waals surface area contributed by atoms with Crippen LogP contribution in [-0.4, -0.2) is 26.4 Å². The van der Waals surface area contributed by atoms with Crippen molar-refractivity contribution in [2.45, 2.75) is 155 Å². The van der Waals surface area contributed by atoms with Gasteiger partial charge in [-0.25, -0.2) is 0 Å². The standard InChI is InChI=1S/C52H74O4/c1-3-5-7-9-11-13-17-21-41-53-49-33-25-45(26-34-49)47-29-37-51(38-30-47)55-43-23-19-15-16-20-24-44-56-52-39-31-48(32-40-52)46-27-35-50(36-28-46)54-42-22-18-14-12-10-8-6-4-2/h25-40H,3-24,41-44H2,1-2H3. The maximum absolute atomic E-state index is 6.04. The lowest BCUT2D eigenvalue weighted by Crippen LogP contribution is -1.98. The molecular weight excluding hydrogens is 689 g/mol. The molecule has 0 bridgehead atoms. The highest BCUT2D eigenvalue weighted by Crippen LogP contribution is 2.27. The number of hydrogen-bond donors (Lipinski definition) is 0. The highest BCUT2D eigenvalue weighted by Gasteiger charge is 2.04. The lowest BCUT2D eigenvalue weighted by atomic mass is 10.1. The van der Waals surface area contributed by atoms with Gasteiger partial charge in [-0.05, 0) is 96.5 Å². The Morgan fingerprint density at radius 1 is 0.232 bits per heavy atom. The van der Waals surface area contributed by atoms with Crippen molar-refractivity contribution in [3.05, 3.63) is 97.1 Å². The van der Waals surface area contributed by atoms with Gasteiger partial charge < -0.3 is 18.9 Å². The Bertz CT molecular complexity index is 1380. The lowest BCUT2D eigenvalue weighted by molar-refractivity contribution is 0.297. The third-order valence-corrected chi connectivity index (χ3v) is 10.7. The van der Waals surface area contributed by atoms with E-state index >= 15 is 0 Å². The molecule has 0 unspecified atom stereocenters. The van der Waals surface area contributed by atoms with Crippen molar-refractivity contribution in [3.63, 3.8) is 0 Å². The molecule has 0 N–H and O–H groups in total. The molecular formula is C52H74O4. The van der Waals surface area contributed by atoms with Crippen molar-refractivity contribution >= 4 is 0 Å². The minimum atomic E-state index is 0.765. The molecule has 4 aromatic carbocycles. The molecule has 0 atom stereocenters. The van der Waals surface area contributed by atoms with Crippen LogP contribution in [0.3, 0.4) is 0 Å². The minimum absolute atomic E-state index is 0.765. The predicted octanol–water partition coefficient (Wildman–Crippen LogP) is 15.9. The van der Waals surface area contributed by atoms with Gasteiger partial charge in [-0.1, -0.05) is 178 Å². The second-order valence-electron chi connectivity index (χ2n) is 15.6. The van der Waals surface area contributed by atoms with Gasteiger partial charge in [0.15, 0.2) is 0 Å². The summed E-state index contributed by atoms with van der Waals surface area (Å²) in [5.74, 6) is 3.80. The third kappa shape index (κ3) is 19.3. The van der Waals surface area contributed by atoms with E-state index in [1.54, 1.807) is 0 Å². The predicted molar refractivity (Wildman–Crippen MR) is 239 cm³/mol. The second-order valence-corrected chi connectivity index (χ2v) is 15.6. The van der Waals surface area contributed by atoms with E-state index in [1.165, 1.54) is 138 Å². The molecule has 4 nitrogen and oxygen atoms in total. The zero-order valence-electron chi connectivity index (χ0n) is 35.3. The van der Waals surface area contributed by atoms with Crippen molar-refractivity contribution in [2.24, 2.45) is 0 Å². The monoisotopic (exact) mass is 763 g/mol. The van der Waals surface area contributed by atoms with Gasteiger partial charge in [-0.3, -0.25) is 0 Å². The Morgan fingerprint density at radius 3 is 0.607 bits per heavy atom. The highest BCUT2D eigenvalue weighted by molar-refractivity contribution is 5.65. The van der Waals surface area contributed by atoms with Gasteiger partial charge in [0.2, 0.25) is 0 Å². The second kappa shape index (κ2) is 29.3. The molecule has 0 aliphatic rings. The van der Waals surface area contributed by atoms with Gasteiger partial charge in [-0.15, -0.1) is 0 Å². The molecule has 4 rings (SSSR count). The zero-order valence-corrected chi connectivity index (χ0v) is 35.3. The number of hydrogen-bond acceptors (Lipinski definition) is 4. The Balaban J connectivity index is 0.969. The number of ether oxygens (including phenoxy) is 4. The third-order valence-electron chi connectivity index (χ3n) is 10.7. The van der Waals surface area contributed by atoms with Gasteiger partial charge in [-0.2, -0.15) is 0 Å². The molecule has 0 radical (unpaired) electrons. The zero-order chi connectivity index (χ0) is 39.1. The van der Waals surface area contributed by atoms with Crippen molar-refractivity contribution in [2.75, 3.05) is 26.4 Å². The largest absolute Gasteiger partial charge is 0.494 e. The van der Waals surface area contributed by atoms with E-state index in [0.29, 0.717) is 0 Å². The summed E-state index contributed by atoms with van der Waals surface area (Å²) in [6.07, 6.45) is 28.1. The molecule has 0 saturated carbocycles. The average Bonchev–Trinajstić information content (AvgIpc) is 3.24. The van der Waals surface area contributed by atoms with Gasteiger partial charge in [0.1, 0.15) is 23.0 Å². The van der Waals surface area contributed by atoms with Gasteiger partial charge in [0, 0.05) is 0 Å². The first kappa shape index (κ1) is 44.8. The fourth-order valence-corrected chi connectivity index (χ4v) is 7.12. The fourth-order valence-electron chi connectivity index (χ4n) is 7.12. The van der Waals surface area contributed by atoms with Crippen LogP contribution in [-0.2, 0) is 0 Å². The van der Waals surface area contributed by atoms with Crippen LogP contribution in [0.25, 0.3) is 22.3 Å². The van der Waals surface area contributed by atoms with Crippen LogP contribution in [0.1, 0.15) is 155 Å². The summed E-state index contributed by atoms with van der Waals surface area (Å²) in [6.45, 7) is 7.68. The molecule has 306 valence electrons. The molecule has 4 aromatic rings. The van der Waals surface area contributed by atoms with Crippen molar-refractivity contribution < 1.29 is 18.9 Å². The van der Waals surface area contributed by atoms with E-state index in [-0.39, 0.29) is 0 Å². The SMILES string of the molecule is CCCCCCCCCCOc1ccc(-c2ccc(OCCCCCCCCOc3ccc(-c4ccc(OCCCCCCCCCC)cc4)cc3)cc2)cc1. The maximum atomic E-state index is 6.04. The molecule has 0 fully saturated rings. The molecule has 0 heterocycles. The Hall–Kier alpha value is -3.92. The van der Waals surface area contributed by atoms with E-state index in [9.17, 15) is 0 Å². The van der Waals surface area contributed by atoms with Crippen LogP contribution in [0.2, 0.25) is 0 Å². The molecule has 56 heavy (non-hydrogen) atoms. The van der Waals surface area contributed by atoms with Crippen molar-refractivity contribution in [3.8, 4) is 45.3 Å². The van der Waals surface area contributed by atoms with E-state index < -0.39 is 0 Å². The quantitative estimate of drug-likeness (QED) is 0.0453. The first-order valence-electron chi connectivity index (χ1n) is 22.7. The summed E-state index contributed by atoms with van der Waals surface area (Å²) >= 11 is 0. The number of benzene rings is 4. The summed E-state index contributed by atoms with van der Waals surface area (Å²) in [7, 11) is 0. The summed E-state index contributed by atoms with van der Waals surface area (Å²) in [5, 5.41) is 0. The van der Waals surface area contributed by atoms with E-state index in [4.69, 9.17) is 18.9 Å². The first-order valence-corrected chi connectivity index (χ1v) is 22.7. The fraction of sp³-hybridized carbons (Fsp3) is 0.538. The molecule has 0 spiro atoms. The average molecular weight is 763 g/mol. The van der Waals surface area contributed by atoms with Crippen LogP contribution < -0.4 is 18.9 Å². The smallest absolute Gasteiger partial charge is 0.119 e. The molecule has 0 aromatic heterocycles. The maximum Gasteiger partial charge on any atom is 0.119 e.